The maximum Gasteiger partial charge on any atom is 0 e. The van der Waals surface area contributed by atoms with Crippen molar-refractivity contribution >= 4 is 21.5 Å². The van der Waals surface area contributed by atoms with Crippen LogP contribution in [0.5, 0.6) is 0 Å². The summed E-state index contributed by atoms with van der Waals surface area (Å²) in [4.78, 5) is 0. The fraction of sp³-hybridized carbons (Fsp3) is 0.373. The van der Waals surface area contributed by atoms with Gasteiger partial charge in [-0.1, -0.05) is 137 Å². The molecule has 0 saturated heterocycles. The molecule has 0 radical (unpaired) electrons. The fourth-order valence-corrected chi connectivity index (χ4v) is 8.64. The molecular formula is C51H60Cl2Hf-6. The third-order valence-electron chi connectivity index (χ3n) is 11.3. The van der Waals surface area contributed by atoms with Crippen LogP contribution in [0.15, 0.2) is 109 Å². The van der Waals surface area contributed by atoms with Gasteiger partial charge in [0.2, 0.25) is 0 Å². The van der Waals surface area contributed by atoms with E-state index in [0.717, 1.165) is 18.3 Å². The van der Waals surface area contributed by atoms with Crippen molar-refractivity contribution in [2.24, 2.45) is 0 Å². The van der Waals surface area contributed by atoms with E-state index >= 15 is 0 Å². The predicted octanol–water partition coefficient (Wildman–Crippen LogP) is 9.50. The van der Waals surface area contributed by atoms with Gasteiger partial charge in [0.1, 0.15) is 0 Å². The third kappa shape index (κ3) is 11.8. The van der Waals surface area contributed by atoms with Gasteiger partial charge in [-0.05, 0) is 72.6 Å². The molecular weight excluding hydrogens is 862 g/mol. The molecule has 0 N–H and O–H groups in total. The molecule has 0 spiro atoms. The van der Waals surface area contributed by atoms with Crippen LogP contribution in [0, 0.1) is 13.8 Å². The van der Waals surface area contributed by atoms with Crippen LogP contribution in [0.3, 0.4) is 0 Å². The maximum absolute atomic E-state index is 3.38. The van der Waals surface area contributed by atoms with Gasteiger partial charge in [0.25, 0.3) is 0 Å². The van der Waals surface area contributed by atoms with Gasteiger partial charge < -0.3 is 45.1 Å². The SMILES string of the molecule is CCCc1ccc(-c2cccc3[cH-]c(C4CCCCC4)cc23)cc1.CCCc1ccc(-c2cccc3[cH-]c(C4CCCCC4)cc23)cc1.[CH2-]C[CH2-].[Cl-].[Cl-].[Hf]. The molecule has 288 valence electrons. The molecule has 0 amide bonds. The molecule has 2 aliphatic carbocycles. The molecule has 8 rings (SSSR count). The van der Waals surface area contributed by atoms with Crippen molar-refractivity contribution in [3.63, 3.8) is 0 Å². The first kappa shape index (κ1) is 45.9. The number of benzene rings is 4. The first-order valence-corrected chi connectivity index (χ1v) is 20.3. The number of aryl methyl sites for hydroxylation is 2. The van der Waals surface area contributed by atoms with E-state index in [9.17, 15) is 0 Å². The summed E-state index contributed by atoms with van der Waals surface area (Å²) in [7, 11) is 0. The summed E-state index contributed by atoms with van der Waals surface area (Å²) < 4.78 is 0. The Morgan fingerprint density at radius 2 is 0.870 bits per heavy atom. The van der Waals surface area contributed by atoms with E-state index in [1.54, 1.807) is 11.1 Å². The zero-order valence-electron chi connectivity index (χ0n) is 32.8. The molecule has 0 atom stereocenters. The number of hydrogen-bond acceptors (Lipinski definition) is 0. The van der Waals surface area contributed by atoms with Crippen LogP contribution in [0.2, 0.25) is 0 Å². The predicted molar refractivity (Wildman–Crippen MR) is 225 cm³/mol. The molecule has 0 aromatic heterocycles. The van der Waals surface area contributed by atoms with Crippen molar-refractivity contribution in [1.82, 2.24) is 0 Å². The first-order valence-electron chi connectivity index (χ1n) is 20.3. The van der Waals surface area contributed by atoms with Crippen molar-refractivity contribution in [1.29, 1.82) is 0 Å². The summed E-state index contributed by atoms with van der Waals surface area (Å²) in [5.41, 5.74) is 11.5. The van der Waals surface area contributed by atoms with Gasteiger partial charge in [0, 0.05) is 25.8 Å². The minimum absolute atomic E-state index is 0. The molecule has 54 heavy (non-hydrogen) atoms. The Bertz CT molecular complexity index is 1770. The molecule has 2 saturated carbocycles. The van der Waals surface area contributed by atoms with Gasteiger partial charge in [-0.25, -0.2) is 0 Å². The van der Waals surface area contributed by atoms with Gasteiger partial charge in [-0.2, -0.15) is 12.1 Å². The van der Waals surface area contributed by atoms with E-state index in [4.69, 9.17) is 0 Å². The summed E-state index contributed by atoms with van der Waals surface area (Å²) in [5.74, 6) is 1.57. The van der Waals surface area contributed by atoms with Gasteiger partial charge in [0.05, 0.1) is 0 Å². The Balaban J connectivity index is 0.000000257. The second-order valence-electron chi connectivity index (χ2n) is 15.1. The molecule has 2 aliphatic rings. The topological polar surface area (TPSA) is 0 Å². The Hall–Kier alpha value is -2.45. The monoisotopic (exact) mass is 922 g/mol. The van der Waals surface area contributed by atoms with Gasteiger partial charge in [-0.15, -0.1) is 69.1 Å². The molecule has 6 aromatic carbocycles. The molecule has 6 aromatic rings. The Labute approximate surface area is 359 Å². The zero-order valence-corrected chi connectivity index (χ0v) is 37.9. The Kier molecular flexibility index (Phi) is 20.1. The third-order valence-corrected chi connectivity index (χ3v) is 11.3. The standard InChI is InChI=1S/2C24H27.C3H6.2ClH.Hf/c2*1-2-7-18-12-14-20(15-13-18)23-11-6-10-21-16-22(17-24(21)23)19-8-4-3-5-9-19;1-3-2;;;/h2*6,10-17,19H,2-5,7-9H2,1H3;1-3H2;2*1H;/q2*-1;-2;;;/p-2. The zero-order chi connectivity index (χ0) is 35.4. The molecule has 0 aliphatic heterocycles. The molecule has 0 bridgehead atoms. The Morgan fingerprint density at radius 1 is 0.519 bits per heavy atom. The molecule has 2 fully saturated rings. The Morgan fingerprint density at radius 3 is 1.20 bits per heavy atom. The maximum atomic E-state index is 3.38. The minimum atomic E-state index is 0. The van der Waals surface area contributed by atoms with Gasteiger partial charge in [-0.3, -0.25) is 0 Å². The number of halogens is 2. The number of rotatable bonds is 8. The minimum Gasteiger partial charge on any atom is -1.00 e. The van der Waals surface area contributed by atoms with Crippen molar-refractivity contribution in [2.75, 3.05) is 0 Å². The number of fused-ring (bicyclic) bond motifs is 2. The van der Waals surface area contributed by atoms with Crippen LogP contribution in [0.4, 0.5) is 0 Å². The van der Waals surface area contributed by atoms with E-state index in [1.807, 2.05) is 0 Å². The van der Waals surface area contributed by atoms with E-state index in [2.05, 4.69) is 137 Å². The summed E-state index contributed by atoms with van der Waals surface area (Å²) in [6.45, 7) is 11.2. The van der Waals surface area contributed by atoms with Crippen molar-refractivity contribution < 1.29 is 50.7 Å². The van der Waals surface area contributed by atoms with E-state index in [1.165, 1.54) is 145 Å². The fourth-order valence-electron chi connectivity index (χ4n) is 8.64. The molecule has 3 heteroatoms. The van der Waals surface area contributed by atoms with E-state index in [-0.39, 0.29) is 50.7 Å². The van der Waals surface area contributed by atoms with Crippen LogP contribution in [-0.2, 0) is 38.7 Å². The quantitative estimate of drug-likeness (QED) is 0.106. The van der Waals surface area contributed by atoms with Gasteiger partial charge in [0.15, 0.2) is 0 Å². The largest absolute Gasteiger partial charge is 1.00 e. The second kappa shape index (κ2) is 23.6. The summed E-state index contributed by atoms with van der Waals surface area (Å²) in [6.07, 6.45) is 19.5. The van der Waals surface area contributed by atoms with Crippen molar-refractivity contribution in [2.45, 2.75) is 122 Å². The molecule has 0 nitrogen and oxygen atoms in total. The van der Waals surface area contributed by atoms with E-state index < -0.39 is 0 Å². The average Bonchev–Trinajstić information content (AvgIpc) is 3.83. The van der Waals surface area contributed by atoms with Crippen molar-refractivity contribution in [3.05, 3.63) is 145 Å². The molecule has 0 heterocycles. The van der Waals surface area contributed by atoms with Crippen molar-refractivity contribution in [3.8, 4) is 22.3 Å². The number of hydrogen-bond donors (Lipinski definition) is 0. The summed E-state index contributed by atoms with van der Waals surface area (Å²) in [6, 6.07) is 41.7. The van der Waals surface area contributed by atoms with Crippen LogP contribution < -0.4 is 24.8 Å². The van der Waals surface area contributed by atoms with Crippen LogP contribution >= 0.6 is 0 Å². The second-order valence-corrected chi connectivity index (χ2v) is 15.1. The van der Waals surface area contributed by atoms with Crippen LogP contribution in [-0.4, -0.2) is 0 Å². The van der Waals surface area contributed by atoms with E-state index in [0.29, 0.717) is 0 Å². The van der Waals surface area contributed by atoms with Crippen LogP contribution in [0.25, 0.3) is 43.8 Å². The average molecular weight is 922 g/mol. The molecule has 0 unspecified atom stereocenters. The normalized spacial score (nSPS) is 14.4. The first-order chi connectivity index (χ1) is 25.1. The smallest absolute Gasteiger partial charge is 0 e. The van der Waals surface area contributed by atoms with Crippen LogP contribution in [0.1, 0.15) is 131 Å². The summed E-state index contributed by atoms with van der Waals surface area (Å²) in [5, 5.41) is 5.68. The summed E-state index contributed by atoms with van der Waals surface area (Å²) >= 11 is 0. The van der Waals surface area contributed by atoms with Gasteiger partial charge >= 0.3 is 0 Å².